The third kappa shape index (κ3) is 4.71. The van der Waals surface area contributed by atoms with Crippen molar-refractivity contribution in [3.05, 3.63) is 29.8 Å². The minimum absolute atomic E-state index is 0.0150. The van der Waals surface area contributed by atoms with E-state index in [0.29, 0.717) is 6.54 Å². The van der Waals surface area contributed by atoms with Crippen LogP contribution in [0.1, 0.15) is 44.2 Å². The summed E-state index contributed by atoms with van der Waals surface area (Å²) in [6.07, 6.45) is 3.56. The van der Waals surface area contributed by atoms with E-state index in [1.54, 1.807) is 0 Å². The molecule has 148 valence electrons. The normalized spacial score (nSPS) is 24.6. The van der Waals surface area contributed by atoms with Gasteiger partial charge in [-0.25, -0.2) is 4.79 Å². The van der Waals surface area contributed by atoms with Gasteiger partial charge in [-0.15, -0.1) is 0 Å². The van der Waals surface area contributed by atoms with Gasteiger partial charge in [-0.2, -0.15) is 0 Å². The summed E-state index contributed by atoms with van der Waals surface area (Å²) in [4.78, 5) is 27.6. The van der Waals surface area contributed by atoms with Gasteiger partial charge in [0, 0.05) is 31.4 Å². The van der Waals surface area contributed by atoms with Crippen LogP contribution in [0.15, 0.2) is 24.3 Å². The summed E-state index contributed by atoms with van der Waals surface area (Å²) in [7, 11) is 2.09. The molecule has 1 saturated carbocycles. The second kappa shape index (κ2) is 8.61. The number of carbonyl (C=O) groups is 2. The molecule has 1 aromatic rings. The first-order valence-corrected chi connectivity index (χ1v) is 9.80. The number of fused-ring (bicyclic) bond motifs is 1. The van der Waals surface area contributed by atoms with Crippen LogP contribution in [0, 0.1) is 0 Å². The van der Waals surface area contributed by atoms with Crippen molar-refractivity contribution in [3.8, 4) is 0 Å². The average molecular weight is 374 g/mol. The quantitative estimate of drug-likeness (QED) is 0.711. The van der Waals surface area contributed by atoms with Gasteiger partial charge in [0.15, 0.2) is 0 Å². The zero-order chi connectivity index (χ0) is 19.4. The number of rotatable bonds is 6. The number of hydrogen-bond acceptors (Lipinski definition) is 4. The zero-order valence-electron chi connectivity index (χ0n) is 16.1. The van der Waals surface area contributed by atoms with Gasteiger partial charge >= 0.3 is 12.0 Å². The van der Waals surface area contributed by atoms with Crippen LogP contribution in [0.25, 0.3) is 0 Å². The molecular weight excluding hydrogens is 344 g/mol. The number of carboxylic acid groups (broad SMARTS) is 1. The fourth-order valence-corrected chi connectivity index (χ4v) is 4.15. The molecule has 3 N–H and O–H groups in total. The Morgan fingerprint density at radius 1 is 1.26 bits per heavy atom. The Kier molecular flexibility index (Phi) is 6.21. The summed E-state index contributed by atoms with van der Waals surface area (Å²) in [5, 5.41) is 15.2. The lowest BCUT2D eigenvalue weighted by Crippen LogP contribution is -2.56. The number of likely N-dealkylation sites (N-methyl/N-ethyl adjacent to an activating group) is 1. The number of aliphatic carboxylic acids is 1. The molecule has 0 aromatic heterocycles. The van der Waals surface area contributed by atoms with Gasteiger partial charge in [-0.3, -0.25) is 9.69 Å². The van der Waals surface area contributed by atoms with Crippen LogP contribution >= 0.6 is 0 Å². The van der Waals surface area contributed by atoms with E-state index < -0.39 is 5.97 Å². The molecule has 2 amide bonds. The van der Waals surface area contributed by atoms with Crippen LogP contribution in [0.3, 0.4) is 0 Å². The van der Waals surface area contributed by atoms with E-state index in [-0.39, 0.29) is 30.7 Å². The number of anilines is 1. The highest BCUT2D eigenvalue weighted by molar-refractivity contribution is 5.75. The number of nitrogens with zero attached hydrogens (tertiary/aromatic N) is 2. The Morgan fingerprint density at radius 2 is 2.00 bits per heavy atom. The molecule has 0 saturated heterocycles. The second-order valence-corrected chi connectivity index (χ2v) is 7.57. The maximum absolute atomic E-state index is 12.5. The molecule has 1 aliphatic heterocycles. The number of urea groups is 1. The van der Waals surface area contributed by atoms with E-state index in [4.69, 9.17) is 5.11 Å². The molecular formula is C20H30N4O3. The lowest BCUT2D eigenvalue weighted by Gasteiger charge is -2.42. The highest BCUT2D eigenvalue weighted by Gasteiger charge is 2.35. The summed E-state index contributed by atoms with van der Waals surface area (Å²) in [5.41, 5.74) is 2.34. The number of hydrogen-bond donors (Lipinski definition) is 3. The summed E-state index contributed by atoms with van der Waals surface area (Å²) >= 11 is 0. The molecule has 1 atom stereocenters. The first-order valence-electron chi connectivity index (χ1n) is 9.80. The summed E-state index contributed by atoms with van der Waals surface area (Å²) < 4.78 is 0. The molecule has 1 heterocycles. The van der Waals surface area contributed by atoms with Crippen molar-refractivity contribution in [2.75, 3.05) is 31.6 Å². The maximum atomic E-state index is 12.5. The first-order chi connectivity index (χ1) is 13.0. The van der Waals surface area contributed by atoms with E-state index in [1.807, 2.05) is 24.0 Å². The molecule has 0 bridgehead atoms. The van der Waals surface area contributed by atoms with Gasteiger partial charge in [0.05, 0.1) is 12.6 Å². The fraction of sp³-hybridized carbons (Fsp3) is 0.600. The molecule has 1 aromatic carbocycles. The highest BCUT2D eigenvalue weighted by Crippen LogP contribution is 2.32. The molecule has 2 aliphatic rings. The minimum Gasteiger partial charge on any atom is -0.480 e. The van der Waals surface area contributed by atoms with Gasteiger partial charge in [-0.1, -0.05) is 25.1 Å². The summed E-state index contributed by atoms with van der Waals surface area (Å²) in [5.74, 6) is -0.803. The topological polar surface area (TPSA) is 84.9 Å². The van der Waals surface area contributed by atoms with E-state index in [2.05, 4.69) is 34.7 Å². The smallest absolute Gasteiger partial charge is 0.317 e. The largest absolute Gasteiger partial charge is 0.480 e. The van der Waals surface area contributed by atoms with Crippen molar-refractivity contribution >= 4 is 17.7 Å². The summed E-state index contributed by atoms with van der Waals surface area (Å²) in [6.45, 7) is 3.73. The van der Waals surface area contributed by atoms with Gasteiger partial charge in [0.1, 0.15) is 0 Å². The van der Waals surface area contributed by atoms with Crippen molar-refractivity contribution in [2.24, 2.45) is 0 Å². The number of nitrogens with one attached hydrogen (secondary N) is 2. The molecule has 27 heavy (non-hydrogen) atoms. The second-order valence-electron chi connectivity index (χ2n) is 7.57. The third-order valence-electron chi connectivity index (χ3n) is 5.72. The predicted molar refractivity (Wildman–Crippen MR) is 105 cm³/mol. The number of carboxylic acids is 1. The minimum atomic E-state index is -0.803. The van der Waals surface area contributed by atoms with E-state index >= 15 is 0 Å². The average Bonchev–Trinajstić information content (AvgIpc) is 2.76. The van der Waals surface area contributed by atoms with Crippen LogP contribution < -0.4 is 15.5 Å². The lowest BCUT2D eigenvalue weighted by molar-refractivity contribution is -0.139. The predicted octanol–water partition coefficient (Wildman–Crippen LogP) is 2.19. The number of amides is 2. The van der Waals surface area contributed by atoms with Crippen molar-refractivity contribution in [3.63, 3.8) is 0 Å². The van der Waals surface area contributed by atoms with Crippen LogP contribution in [-0.2, 0) is 4.79 Å². The van der Waals surface area contributed by atoms with E-state index in [9.17, 15) is 9.59 Å². The van der Waals surface area contributed by atoms with Crippen LogP contribution in [0.5, 0.6) is 0 Å². The van der Waals surface area contributed by atoms with Crippen LogP contribution in [-0.4, -0.2) is 60.8 Å². The Morgan fingerprint density at radius 3 is 2.70 bits per heavy atom. The number of para-hydroxylation sites is 1. The fourth-order valence-electron chi connectivity index (χ4n) is 4.15. The van der Waals surface area contributed by atoms with Gasteiger partial charge in [-0.05, 0) is 43.9 Å². The van der Waals surface area contributed by atoms with Gasteiger partial charge in [0.25, 0.3) is 0 Å². The standard InChI is InChI=1S/C20H30N4O3/c1-3-24(13-19(25)26)15-11-14(12-15)21-20(27)22-17-8-6-10-23(2)18-9-5-4-7-16(17)18/h4-5,7,9,14-15,17H,3,6,8,10-13H2,1-2H3,(H,25,26)(H2,21,22,27). The SMILES string of the molecule is CCN(CC(=O)O)C1CC(NC(=O)NC2CCCN(C)c3ccccc32)C1. The highest BCUT2D eigenvalue weighted by atomic mass is 16.4. The Balaban J connectivity index is 1.52. The Bertz CT molecular complexity index is 675. The lowest BCUT2D eigenvalue weighted by atomic mass is 9.85. The monoisotopic (exact) mass is 374 g/mol. The molecule has 1 unspecified atom stereocenters. The Hall–Kier alpha value is -2.28. The number of benzene rings is 1. The third-order valence-corrected chi connectivity index (χ3v) is 5.72. The molecule has 7 heteroatoms. The molecule has 1 aliphatic carbocycles. The molecule has 0 spiro atoms. The van der Waals surface area contributed by atoms with Crippen molar-refractivity contribution in [2.45, 2.75) is 50.7 Å². The van der Waals surface area contributed by atoms with Crippen LogP contribution in [0.2, 0.25) is 0 Å². The van der Waals surface area contributed by atoms with E-state index in [1.165, 1.54) is 5.69 Å². The van der Waals surface area contributed by atoms with Gasteiger partial charge in [0.2, 0.25) is 0 Å². The first kappa shape index (κ1) is 19.5. The summed E-state index contributed by atoms with van der Waals surface area (Å²) in [6, 6.07) is 8.47. The molecule has 1 fully saturated rings. The Labute approximate surface area is 160 Å². The number of carbonyl (C=O) groups excluding carboxylic acids is 1. The van der Waals surface area contributed by atoms with Gasteiger partial charge < -0.3 is 20.6 Å². The van der Waals surface area contributed by atoms with Crippen LogP contribution in [0.4, 0.5) is 10.5 Å². The molecule has 0 radical (unpaired) electrons. The molecule has 3 rings (SSSR count). The van der Waals surface area contributed by atoms with Crippen molar-refractivity contribution in [1.29, 1.82) is 0 Å². The maximum Gasteiger partial charge on any atom is 0.317 e. The molecule has 7 nitrogen and oxygen atoms in total. The van der Waals surface area contributed by atoms with E-state index in [0.717, 1.165) is 37.8 Å². The van der Waals surface area contributed by atoms with Crippen molar-refractivity contribution in [1.82, 2.24) is 15.5 Å². The zero-order valence-corrected chi connectivity index (χ0v) is 16.1. The van der Waals surface area contributed by atoms with Crippen molar-refractivity contribution < 1.29 is 14.7 Å².